The van der Waals surface area contributed by atoms with Crippen LogP contribution in [-0.2, 0) is 0 Å². The number of nitrogens with one attached hydrogen (secondary N) is 1. The summed E-state index contributed by atoms with van der Waals surface area (Å²) in [5, 5.41) is 3.24. The first-order valence-corrected chi connectivity index (χ1v) is 6.95. The first kappa shape index (κ1) is 13.5. The van der Waals surface area contributed by atoms with E-state index < -0.39 is 0 Å². The zero-order valence-electron chi connectivity index (χ0n) is 12.2. The predicted molar refractivity (Wildman–Crippen MR) is 84.4 cm³/mol. The van der Waals surface area contributed by atoms with Crippen molar-refractivity contribution < 1.29 is 9.53 Å². The molecule has 1 atom stereocenters. The highest BCUT2D eigenvalue weighted by molar-refractivity contribution is 6.04. The maximum Gasteiger partial charge on any atom is 0.192 e. The molecule has 0 spiro atoms. The third-order valence-electron chi connectivity index (χ3n) is 3.60. The maximum absolute atomic E-state index is 12.4. The van der Waals surface area contributed by atoms with E-state index in [4.69, 9.17) is 4.74 Å². The molecule has 1 aliphatic rings. The number of nitrogens with zero attached hydrogens (tertiary/aromatic N) is 1. The van der Waals surface area contributed by atoms with E-state index in [-0.39, 0.29) is 11.8 Å². The Balaban J connectivity index is 1.76. The molecular formula is C17H18N2O2. The van der Waals surface area contributed by atoms with Gasteiger partial charge in [0.1, 0.15) is 18.4 Å². The summed E-state index contributed by atoms with van der Waals surface area (Å²) >= 11 is 0. The van der Waals surface area contributed by atoms with Crippen LogP contribution in [0.3, 0.4) is 0 Å². The van der Waals surface area contributed by atoms with Gasteiger partial charge in [0.05, 0.1) is 5.56 Å². The SMILES string of the molecule is CN(C)c1ccc(NC2COc3ccccc3C2=O)cc1. The molecule has 0 aromatic heterocycles. The molecule has 4 nitrogen and oxygen atoms in total. The average Bonchev–Trinajstić information content (AvgIpc) is 2.51. The molecule has 0 fully saturated rings. The van der Waals surface area contributed by atoms with Gasteiger partial charge in [0.2, 0.25) is 0 Å². The van der Waals surface area contributed by atoms with Crippen LogP contribution in [-0.4, -0.2) is 32.5 Å². The molecule has 108 valence electrons. The Bertz CT molecular complexity index is 650. The van der Waals surface area contributed by atoms with Crippen LogP contribution in [0, 0.1) is 0 Å². The molecule has 1 unspecified atom stereocenters. The first-order valence-electron chi connectivity index (χ1n) is 6.95. The third-order valence-corrected chi connectivity index (χ3v) is 3.60. The summed E-state index contributed by atoms with van der Waals surface area (Å²) in [6.07, 6.45) is 0. The van der Waals surface area contributed by atoms with Gasteiger partial charge < -0.3 is 15.0 Å². The molecule has 0 saturated carbocycles. The van der Waals surface area contributed by atoms with E-state index in [0.29, 0.717) is 17.9 Å². The van der Waals surface area contributed by atoms with Gasteiger partial charge in [-0.1, -0.05) is 12.1 Å². The monoisotopic (exact) mass is 282 g/mol. The highest BCUT2D eigenvalue weighted by Gasteiger charge is 2.28. The van der Waals surface area contributed by atoms with E-state index in [1.54, 1.807) is 6.07 Å². The number of ketones is 1. The second kappa shape index (κ2) is 5.48. The Hall–Kier alpha value is -2.49. The van der Waals surface area contributed by atoms with Crippen LogP contribution < -0.4 is 15.0 Å². The van der Waals surface area contributed by atoms with Crippen LogP contribution in [0.1, 0.15) is 10.4 Å². The molecule has 0 saturated heterocycles. The summed E-state index contributed by atoms with van der Waals surface area (Å²) in [5.74, 6) is 0.747. The van der Waals surface area contributed by atoms with Gasteiger partial charge in [-0.15, -0.1) is 0 Å². The summed E-state index contributed by atoms with van der Waals surface area (Å²) in [4.78, 5) is 14.5. The zero-order valence-corrected chi connectivity index (χ0v) is 12.2. The number of anilines is 2. The number of benzene rings is 2. The van der Waals surface area contributed by atoms with Crippen LogP contribution in [0.5, 0.6) is 5.75 Å². The van der Waals surface area contributed by atoms with E-state index in [9.17, 15) is 4.79 Å². The number of Topliss-reactive ketones (excluding diaryl/α,β-unsaturated/α-hetero) is 1. The standard InChI is InChI=1S/C17H18N2O2/c1-19(2)13-9-7-12(8-10-13)18-15-11-21-16-6-4-3-5-14(16)17(15)20/h3-10,15,18H,11H2,1-2H3. The fraction of sp³-hybridized carbons (Fsp3) is 0.235. The Morgan fingerprint density at radius 2 is 1.81 bits per heavy atom. The van der Waals surface area contributed by atoms with Gasteiger partial charge in [-0.25, -0.2) is 0 Å². The molecule has 0 aliphatic carbocycles. The Kier molecular flexibility index (Phi) is 3.52. The molecule has 4 heteroatoms. The number of hydrogen-bond donors (Lipinski definition) is 1. The normalized spacial score (nSPS) is 16.9. The molecule has 0 bridgehead atoms. The lowest BCUT2D eigenvalue weighted by molar-refractivity contribution is 0.0912. The Morgan fingerprint density at radius 3 is 2.52 bits per heavy atom. The number of ether oxygens (including phenoxy) is 1. The predicted octanol–water partition coefficient (Wildman–Crippen LogP) is 2.81. The second-order valence-electron chi connectivity index (χ2n) is 5.31. The van der Waals surface area contributed by atoms with Gasteiger partial charge in [-0.05, 0) is 36.4 Å². The summed E-state index contributed by atoms with van der Waals surface area (Å²) < 4.78 is 5.65. The molecule has 1 N–H and O–H groups in total. The fourth-order valence-corrected chi connectivity index (χ4v) is 2.40. The molecule has 0 radical (unpaired) electrons. The molecule has 3 rings (SSSR count). The molecule has 2 aromatic rings. The second-order valence-corrected chi connectivity index (χ2v) is 5.31. The number of para-hydroxylation sites is 1. The number of fused-ring (bicyclic) bond motifs is 1. The number of carbonyl (C=O) groups excluding carboxylic acids is 1. The third kappa shape index (κ3) is 2.70. The van der Waals surface area contributed by atoms with Crippen molar-refractivity contribution in [2.24, 2.45) is 0 Å². The lowest BCUT2D eigenvalue weighted by Gasteiger charge is -2.25. The van der Waals surface area contributed by atoms with Crippen molar-refractivity contribution in [2.75, 3.05) is 30.9 Å². The molecule has 1 heterocycles. The molecule has 0 amide bonds. The van der Waals surface area contributed by atoms with Crippen LogP contribution in [0.15, 0.2) is 48.5 Å². The van der Waals surface area contributed by atoms with Crippen LogP contribution >= 0.6 is 0 Å². The number of carbonyl (C=O) groups is 1. The van der Waals surface area contributed by atoms with Crippen molar-refractivity contribution in [1.29, 1.82) is 0 Å². The van der Waals surface area contributed by atoms with Gasteiger partial charge in [0, 0.05) is 25.5 Å². The largest absolute Gasteiger partial charge is 0.490 e. The molecule has 21 heavy (non-hydrogen) atoms. The van der Waals surface area contributed by atoms with Gasteiger partial charge in [-0.3, -0.25) is 4.79 Å². The van der Waals surface area contributed by atoms with Gasteiger partial charge >= 0.3 is 0 Å². The number of hydrogen-bond acceptors (Lipinski definition) is 4. The Morgan fingerprint density at radius 1 is 1.10 bits per heavy atom. The molecular weight excluding hydrogens is 264 g/mol. The highest BCUT2D eigenvalue weighted by atomic mass is 16.5. The van der Waals surface area contributed by atoms with E-state index >= 15 is 0 Å². The van der Waals surface area contributed by atoms with Gasteiger partial charge in [-0.2, -0.15) is 0 Å². The zero-order chi connectivity index (χ0) is 14.8. The van der Waals surface area contributed by atoms with Crippen molar-refractivity contribution in [2.45, 2.75) is 6.04 Å². The lowest BCUT2D eigenvalue weighted by Crippen LogP contribution is -2.39. The summed E-state index contributed by atoms with van der Waals surface area (Å²) in [6, 6.07) is 15.0. The highest BCUT2D eigenvalue weighted by Crippen LogP contribution is 2.26. The van der Waals surface area contributed by atoms with Gasteiger partial charge in [0.15, 0.2) is 5.78 Å². The maximum atomic E-state index is 12.4. The summed E-state index contributed by atoms with van der Waals surface area (Å²) in [5.41, 5.74) is 2.69. The van der Waals surface area contributed by atoms with E-state index in [0.717, 1.165) is 11.4 Å². The lowest BCUT2D eigenvalue weighted by atomic mass is 10.0. The quantitative estimate of drug-likeness (QED) is 0.940. The average molecular weight is 282 g/mol. The van der Waals surface area contributed by atoms with Crippen LogP contribution in [0.4, 0.5) is 11.4 Å². The topological polar surface area (TPSA) is 41.6 Å². The van der Waals surface area contributed by atoms with Crippen LogP contribution in [0.25, 0.3) is 0 Å². The smallest absolute Gasteiger partial charge is 0.192 e. The van der Waals surface area contributed by atoms with E-state index in [1.165, 1.54) is 0 Å². The van der Waals surface area contributed by atoms with Crippen LogP contribution in [0.2, 0.25) is 0 Å². The minimum atomic E-state index is -0.342. The Labute approximate surface area is 124 Å². The van der Waals surface area contributed by atoms with Crippen molar-refractivity contribution in [3.05, 3.63) is 54.1 Å². The number of rotatable bonds is 3. The van der Waals surface area contributed by atoms with Gasteiger partial charge in [0.25, 0.3) is 0 Å². The van der Waals surface area contributed by atoms with E-state index in [2.05, 4.69) is 5.32 Å². The minimum absolute atomic E-state index is 0.0773. The van der Waals surface area contributed by atoms with Crippen molar-refractivity contribution in [3.63, 3.8) is 0 Å². The summed E-state index contributed by atoms with van der Waals surface area (Å²) in [6.45, 7) is 0.352. The fourth-order valence-electron chi connectivity index (χ4n) is 2.40. The van der Waals surface area contributed by atoms with E-state index in [1.807, 2.05) is 61.5 Å². The summed E-state index contributed by atoms with van der Waals surface area (Å²) in [7, 11) is 4.00. The minimum Gasteiger partial charge on any atom is -0.490 e. The molecule has 2 aromatic carbocycles. The molecule has 1 aliphatic heterocycles. The van der Waals surface area contributed by atoms with Crippen molar-refractivity contribution >= 4 is 17.2 Å². The van der Waals surface area contributed by atoms with Crippen molar-refractivity contribution in [1.82, 2.24) is 0 Å². The first-order chi connectivity index (χ1) is 10.1. The van der Waals surface area contributed by atoms with Crippen molar-refractivity contribution in [3.8, 4) is 5.75 Å².